The summed E-state index contributed by atoms with van der Waals surface area (Å²) in [6, 6.07) is 0.468. The topological polar surface area (TPSA) is 29.9 Å². The normalized spacial score (nSPS) is 14.9. The maximum atomic E-state index is 6.27. The number of aryl methyl sites for hydroxylation is 2. The molecule has 0 aliphatic carbocycles. The van der Waals surface area contributed by atoms with Crippen molar-refractivity contribution in [1.29, 1.82) is 0 Å². The van der Waals surface area contributed by atoms with E-state index in [1.165, 1.54) is 18.4 Å². The van der Waals surface area contributed by atoms with Crippen molar-refractivity contribution in [3.63, 3.8) is 0 Å². The molecule has 1 heterocycles. The van der Waals surface area contributed by atoms with Gasteiger partial charge in [-0.1, -0.05) is 31.9 Å². The van der Waals surface area contributed by atoms with E-state index in [2.05, 4.69) is 24.3 Å². The molecule has 3 nitrogen and oxygen atoms in total. The maximum absolute atomic E-state index is 6.27. The first-order valence-corrected chi connectivity index (χ1v) is 6.74. The van der Waals surface area contributed by atoms with Crippen LogP contribution in [0.15, 0.2) is 0 Å². The van der Waals surface area contributed by atoms with Crippen molar-refractivity contribution in [3.05, 3.63) is 16.4 Å². The summed E-state index contributed by atoms with van der Waals surface area (Å²) in [4.78, 5) is 0. The predicted octanol–water partition coefficient (Wildman–Crippen LogP) is 2.95. The molecule has 0 radical (unpaired) electrons. The Bertz CT molecular complexity index is 360. The zero-order valence-electron chi connectivity index (χ0n) is 11.5. The van der Waals surface area contributed by atoms with Crippen LogP contribution in [0.2, 0.25) is 5.15 Å². The molecule has 0 saturated carbocycles. The Morgan fingerprint density at radius 1 is 1.47 bits per heavy atom. The van der Waals surface area contributed by atoms with Gasteiger partial charge >= 0.3 is 0 Å². The average molecular weight is 258 g/mol. The summed E-state index contributed by atoms with van der Waals surface area (Å²) < 4.78 is 1.75. The molecule has 98 valence electrons. The second-order valence-electron chi connectivity index (χ2n) is 4.84. The zero-order chi connectivity index (χ0) is 13.0. The first-order valence-electron chi connectivity index (χ1n) is 6.36. The summed E-state index contributed by atoms with van der Waals surface area (Å²) in [6.45, 7) is 6.55. The summed E-state index contributed by atoms with van der Waals surface area (Å²) in [7, 11) is 3.92. The highest BCUT2D eigenvalue weighted by atomic mass is 35.5. The minimum Gasteiger partial charge on any atom is -0.316 e. The molecule has 4 heteroatoms. The molecular formula is C13H24ClN3. The molecule has 0 aliphatic rings. The van der Waals surface area contributed by atoms with Crippen molar-refractivity contribution in [3.8, 4) is 0 Å². The van der Waals surface area contributed by atoms with E-state index in [0.717, 1.165) is 17.3 Å². The molecule has 2 unspecified atom stereocenters. The third kappa shape index (κ3) is 3.46. The Morgan fingerprint density at radius 2 is 2.12 bits per heavy atom. The third-order valence-electron chi connectivity index (χ3n) is 3.50. The van der Waals surface area contributed by atoms with Crippen molar-refractivity contribution >= 4 is 11.6 Å². The minimum absolute atomic E-state index is 0.468. The maximum Gasteiger partial charge on any atom is 0.130 e. The monoisotopic (exact) mass is 257 g/mol. The number of hydrogen-bond acceptors (Lipinski definition) is 2. The molecule has 0 amide bonds. The Kier molecular flexibility index (Phi) is 5.47. The molecule has 0 saturated heterocycles. The van der Waals surface area contributed by atoms with Gasteiger partial charge < -0.3 is 5.32 Å². The Balaban J connectivity index is 2.80. The van der Waals surface area contributed by atoms with E-state index < -0.39 is 0 Å². The number of nitrogens with zero attached hydrogens (tertiary/aromatic N) is 2. The lowest BCUT2D eigenvalue weighted by Crippen LogP contribution is -2.34. The van der Waals surface area contributed by atoms with Crippen molar-refractivity contribution in [1.82, 2.24) is 15.1 Å². The summed E-state index contributed by atoms with van der Waals surface area (Å²) in [5, 5.41) is 8.53. The van der Waals surface area contributed by atoms with Gasteiger partial charge in [0.15, 0.2) is 0 Å². The van der Waals surface area contributed by atoms with Crippen LogP contribution in [0, 0.1) is 12.8 Å². The van der Waals surface area contributed by atoms with Gasteiger partial charge in [0.25, 0.3) is 0 Å². The molecule has 1 aromatic heterocycles. The fourth-order valence-electron chi connectivity index (χ4n) is 2.37. The van der Waals surface area contributed by atoms with Crippen LogP contribution in [0.3, 0.4) is 0 Å². The lowest BCUT2D eigenvalue weighted by atomic mass is 9.92. The lowest BCUT2D eigenvalue weighted by molar-refractivity contribution is 0.371. The standard InChI is InChI=1S/C13H24ClN3/c1-6-7-9(2)12(15-4)8-11-10(3)16-17(5)13(11)14/h9,12,15H,6-8H2,1-5H3. The van der Waals surface area contributed by atoms with Gasteiger partial charge in [-0.2, -0.15) is 5.10 Å². The van der Waals surface area contributed by atoms with Crippen LogP contribution >= 0.6 is 11.6 Å². The van der Waals surface area contributed by atoms with Gasteiger partial charge in [-0.25, -0.2) is 0 Å². The molecule has 0 bridgehead atoms. The van der Waals surface area contributed by atoms with Crippen LogP contribution in [0.1, 0.15) is 37.9 Å². The summed E-state index contributed by atoms with van der Waals surface area (Å²) in [5.74, 6) is 0.653. The minimum atomic E-state index is 0.468. The highest BCUT2D eigenvalue weighted by Gasteiger charge is 2.20. The summed E-state index contributed by atoms with van der Waals surface area (Å²) in [6.07, 6.45) is 3.41. The largest absolute Gasteiger partial charge is 0.316 e. The van der Waals surface area contributed by atoms with E-state index in [1.807, 2.05) is 21.0 Å². The second kappa shape index (κ2) is 6.41. The van der Waals surface area contributed by atoms with Crippen LogP contribution in [0.4, 0.5) is 0 Å². The lowest BCUT2D eigenvalue weighted by Gasteiger charge is -2.23. The van der Waals surface area contributed by atoms with Crippen molar-refractivity contribution in [2.75, 3.05) is 7.05 Å². The van der Waals surface area contributed by atoms with Gasteiger partial charge in [-0.15, -0.1) is 0 Å². The molecule has 2 atom stereocenters. The quantitative estimate of drug-likeness (QED) is 0.849. The summed E-state index contributed by atoms with van der Waals surface area (Å²) >= 11 is 6.27. The van der Waals surface area contributed by atoms with E-state index in [1.54, 1.807) is 4.68 Å². The number of rotatable bonds is 6. The highest BCUT2D eigenvalue weighted by molar-refractivity contribution is 6.30. The summed E-state index contributed by atoms with van der Waals surface area (Å²) in [5.41, 5.74) is 2.22. The van der Waals surface area contributed by atoms with E-state index in [-0.39, 0.29) is 0 Å². The van der Waals surface area contributed by atoms with Crippen LogP contribution in [-0.4, -0.2) is 22.9 Å². The van der Waals surface area contributed by atoms with Gasteiger partial charge in [0.1, 0.15) is 5.15 Å². The van der Waals surface area contributed by atoms with Gasteiger partial charge in [-0.3, -0.25) is 4.68 Å². The van der Waals surface area contributed by atoms with Gasteiger partial charge in [0.2, 0.25) is 0 Å². The number of aromatic nitrogens is 2. The molecule has 1 N–H and O–H groups in total. The fraction of sp³-hybridized carbons (Fsp3) is 0.769. The molecule has 17 heavy (non-hydrogen) atoms. The first kappa shape index (κ1) is 14.5. The van der Waals surface area contributed by atoms with Crippen LogP contribution < -0.4 is 5.32 Å². The zero-order valence-corrected chi connectivity index (χ0v) is 12.3. The Hall–Kier alpha value is -0.540. The highest BCUT2D eigenvalue weighted by Crippen LogP contribution is 2.23. The SMILES string of the molecule is CCCC(C)C(Cc1c(C)nn(C)c1Cl)NC. The van der Waals surface area contributed by atoms with Gasteiger partial charge in [0, 0.05) is 18.7 Å². The third-order valence-corrected chi connectivity index (χ3v) is 3.97. The van der Waals surface area contributed by atoms with Crippen LogP contribution in [0.25, 0.3) is 0 Å². The number of halogens is 1. The van der Waals surface area contributed by atoms with Gasteiger partial charge in [0.05, 0.1) is 5.69 Å². The Labute approximate surface area is 110 Å². The average Bonchev–Trinajstić information content (AvgIpc) is 2.51. The van der Waals surface area contributed by atoms with E-state index >= 15 is 0 Å². The fourth-order valence-corrected chi connectivity index (χ4v) is 2.62. The molecule has 1 aromatic rings. The molecule has 0 spiro atoms. The van der Waals surface area contributed by atoms with Crippen molar-refractivity contribution in [2.45, 2.75) is 46.1 Å². The molecular weight excluding hydrogens is 234 g/mol. The van der Waals surface area contributed by atoms with Gasteiger partial charge in [-0.05, 0) is 32.7 Å². The Morgan fingerprint density at radius 3 is 2.53 bits per heavy atom. The molecule has 0 fully saturated rings. The molecule has 0 aromatic carbocycles. The predicted molar refractivity (Wildman–Crippen MR) is 73.6 cm³/mol. The van der Waals surface area contributed by atoms with Crippen LogP contribution in [0.5, 0.6) is 0 Å². The van der Waals surface area contributed by atoms with Crippen molar-refractivity contribution in [2.24, 2.45) is 13.0 Å². The second-order valence-corrected chi connectivity index (χ2v) is 5.20. The van der Waals surface area contributed by atoms with Crippen molar-refractivity contribution < 1.29 is 0 Å². The smallest absolute Gasteiger partial charge is 0.130 e. The van der Waals surface area contributed by atoms with E-state index in [4.69, 9.17) is 11.6 Å². The van der Waals surface area contributed by atoms with E-state index in [9.17, 15) is 0 Å². The number of nitrogens with one attached hydrogen (secondary N) is 1. The first-order chi connectivity index (χ1) is 8.01. The molecule has 0 aliphatic heterocycles. The van der Waals surface area contributed by atoms with E-state index in [0.29, 0.717) is 12.0 Å². The molecule has 1 rings (SSSR count). The number of likely N-dealkylation sites (N-methyl/N-ethyl adjacent to an activating group) is 1. The van der Waals surface area contributed by atoms with Crippen LogP contribution in [-0.2, 0) is 13.5 Å². The number of hydrogen-bond donors (Lipinski definition) is 1.